The highest BCUT2D eigenvalue weighted by Crippen LogP contribution is 2.45. The van der Waals surface area contributed by atoms with Crippen LogP contribution in [0, 0.1) is 0 Å². The fourth-order valence-electron chi connectivity index (χ4n) is 3.27. The van der Waals surface area contributed by atoms with Crippen LogP contribution in [-0.4, -0.2) is 17.1 Å². The molecule has 2 aromatic rings. The highest BCUT2D eigenvalue weighted by molar-refractivity contribution is 6.30. The number of anilines is 1. The van der Waals surface area contributed by atoms with Gasteiger partial charge in [0, 0.05) is 16.3 Å². The number of amides is 1. The van der Waals surface area contributed by atoms with Crippen molar-refractivity contribution in [3.63, 3.8) is 0 Å². The van der Waals surface area contributed by atoms with Crippen LogP contribution in [-0.2, 0) is 10.4 Å². The smallest absolute Gasteiger partial charge is 0.257 e. The Hall–Kier alpha value is -2.10. The van der Waals surface area contributed by atoms with Gasteiger partial charge in [-0.2, -0.15) is 0 Å². The molecule has 1 saturated heterocycles. The average molecular weight is 328 g/mol. The van der Waals surface area contributed by atoms with Crippen molar-refractivity contribution in [2.75, 3.05) is 4.90 Å². The first-order valence-corrected chi connectivity index (χ1v) is 7.94. The summed E-state index contributed by atoms with van der Waals surface area (Å²) in [6.45, 7) is 5.84. The van der Waals surface area contributed by atoms with Crippen molar-refractivity contribution in [3.8, 4) is 0 Å². The molecule has 4 heteroatoms. The number of hydrogen-bond acceptors (Lipinski definition) is 2. The van der Waals surface area contributed by atoms with E-state index in [1.54, 1.807) is 29.2 Å². The van der Waals surface area contributed by atoms with Gasteiger partial charge in [-0.3, -0.25) is 4.79 Å². The number of nitrogens with zero attached hydrogens (tertiary/aromatic N) is 1. The zero-order valence-corrected chi connectivity index (χ0v) is 13.6. The highest BCUT2D eigenvalue weighted by Gasteiger charge is 2.54. The Kier molecular flexibility index (Phi) is 4.00. The number of aliphatic hydroxyl groups is 1. The molecule has 23 heavy (non-hydrogen) atoms. The summed E-state index contributed by atoms with van der Waals surface area (Å²) in [4.78, 5) is 14.4. The summed E-state index contributed by atoms with van der Waals surface area (Å²) in [6.07, 6.45) is 0.596. The van der Waals surface area contributed by atoms with E-state index in [1.165, 1.54) is 0 Å². The van der Waals surface area contributed by atoms with Crippen molar-refractivity contribution in [3.05, 3.63) is 77.3 Å². The zero-order chi connectivity index (χ0) is 16.6. The van der Waals surface area contributed by atoms with E-state index in [4.69, 9.17) is 11.6 Å². The molecule has 0 spiro atoms. The summed E-state index contributed by atoms with van der Waals surface area (Å²) in [6, 6.07) is 15.9. The number of carbonyl (C=O) groups is 1. The maximum atomic E-state index is 12.8. The summed E-state index contributed by atoms with van der Waals surface area (Å²) >= 11 is 5.94. The third-order valence-corrected chi connectivity index (χ3v) is 4.69. The minimum atomic E-state index is -1.42. The predicted octanol–water partition coefficient (Wildman–Crippen LogP) is 3.91. The number of halogens is 1. The highest BCUT2D eigenvalue weighted by atomic mass is 35.5. The Morgan fingerprint density at radius 3 is 2.35 bits per heavy atom. The van der Waals surface area contributed by atoms with E-state index in [-0.39, 0.29) is 11.5 Å². The molecule has 0 aromatic heterocycles. The lowest BCUT2D eigenvalue weighted by atomic mass is 9.82. The van der Waals surface area contributed by atoms with Gasteiger partial charge in [0.25, 0.3) is 5.91 Å². The monoisotopic (exact) mass is 327 g/mol. The molecule has 0 aliphatic carbocycles. The zero-order valence-electron chi connectivity index (χ0n) is 12.9. The second-order valence-corrected chi connectivity index (χ2v) is 6.12. The maximum Gasteiger partial charge on any atom is 0.257 e. The Morgan fingerprint density at radius 2 is 1.78 bits per heavy atom. The number of benzene rings is 2. The summed E-state index contributed by atoms with van der Waals surface area (Å²) in [5, 5.41) is 12.0. The maximum absolute atomic E-state index is 12.8. The summed E-state index contributed by atoms with van der Waals surface area (Å²) in [5.74, 6) is -0.250. The van der Waals surface area contributed by atoms with Crippen LogP contribution in [0.4, 0.5) is 5.69 Å². The molecule has 1 amide bonds. The second kappa shape index (κ2) is 5.84. The van der Waals surface area contributed by atoms with Gasteiger partial charge in [0.2, 0.25) is 0 Å². The molecule has 3 rings (SSSR count). The number of para-hydroxylation sites is 1. The lowest BCUT2D eigenvalue weighted by Gasteiger charge is -2.33. The molecule has 3 nitrogen and oxygen atoms in total. The summed E-state index contributed by atoms with van der Waals surface area (Å²) < 4.78 is 0. The molecule has 118 valence electrons. The average Bonchev–Trinajstić information content (AvgIpc) is 2.77. The van der Waals surface area contributed by atoms with Gasteiger partial charge >= 0.3 is 0 Å². The standard InChI is InChI=1S/C19H18ClNO2/c1-3-17-19(23,14-9-11-15(20)12-10-14)13(2)18(22)21(17)16-7-5-4-6-8-16/h4-12,17,23H,2-3H2,1H3/t17-,19+/m1/s1. The largest absolute Gasteiger partial charge is 0.378 e. The van der Waals surface area contributed by atoms with Crippen molar-refractivity contribution in [1.29, 1.82) is 0 Å². The molecule has 1 aliphatic heterocycles. The fraction of sp³-hybridized carbons (Fsp3) is 0.211. The molecule has 0 radical (unpaired) electrons. The lowest BCUT2D eigenvalue weighted by molar-refractivity contribution is -0.114. The first kappa shape index (κ1) is 15.8. The summed E-state index contributed by atoms with van der Waals surface area (Å²) in [7, 11) is 0. The van der Waals surface area contributed by atoms with E-state index in [0.717, 1.165) is 5.69 Å². The Morgan fingerprint density at radius 1 is 1.17 bits per heavy atom. The molecule has 1 heterocycles. The number of hydrogen-bond donors (Lipinski definition) is 1. The van der Waals surface area contributed by atoms with Crippen molar-refractivity contribution in [1.82, 2.24) is 0 Å². The fourth-order valence-corrected chi connectivity index (χ4v) is 3.40. The Labute approximate surface area is 140 Å². The van der Waals surface area contributed by atoms with Gasteiger partial charge in [-0.1, -0.05) is 55.4 Å². The van der Waals surface area contributed by atoms with Crippen LogP contribution in [0.1, 0.15) is 18.9 Å². The van der Waals surface area contributed by atoms with Crippen LogP contribution in [0.5, 0.6) is 0 Å². The third-order valence-electron chi connectivity index (χ3n) is 4.44. The molecular weight excluding hydrogens is 310 g/mol. The van der Waals surface area contributed by atoms with Gasteiger partial charge < -0.3 is 10.0 Å². The van der Waals surface area contributed by atoms with Crippen molar-refractivity contribution < 1.29 is 9.90 Å². The van der Waals surface area contributed by atoms with E-state index in [2.05, 4.69) is 6.58 Å². The minimum Gasteiger partial charge on any atom is -0.378 e. The lowest BCUT2D eigenvalue weighted by Crippen LogP contribution is -2.43. The molecular formula is C19H18ClNO2. The van der Waals surface area contributed by atoms with Crippen LogP contribution >= 0.6 is 11.6 Å². The van der Waals surface area contributed by atoms with Gasteiger partial charge in [-0.25, -0.2) is 0 Å². The Balaban J connectivity index is 2.12. The van der Waals surface area contributed by atoms with Crippen LogP contribution in [0.3, 0.4) is 0 Å². The minimum absolute atomic E-state index is 0.190. The number of carbonyl (C=O) groups excluding carboxylic acids is 1. The van der Waals surface area contributed by atoms with Gasteiger partial charge in [0.05, 0.1) is 6.04 Å². The molecule has 1 N–H and O–H groups in total. The SMILES string of the molecule is C=C1C(=O)N(c2ccccc2)[C@H](CC)[C@@]1(O)c1ccc(Cl)cc1. The van der Waals surface area contributed by atoms with E-state index >= 15 is 0 Å². The first-order valence-electron chi connectivity index (χ1n) is 7.56. The van der Waals surface area contributed by atoms with Crippen LogP contribution in [0.2, 0.25) is 5.02 Å². The second-order valence-electron chi connectivity index (χ2n) is 5.69. The van der Waals surface area contributed by atoms with Gasteiger partial charge in [0.15, 0.2) is 0 Å². The molecule has 1 aliphatic rings. The van der Waals surface area contributed by atoms with Crippen molar-refractivity contribution in [2.24, 2.45) is 0 Å². The van der Waals surface area contributed by atoms with Gasteiger partial charge in [-0.05, 0) is 36.2 Å². The molecule has 0 unspecified atom stereocenters. The normalized spacial score (nSPS) is 24.3. The first-order chi connectivity index (χ1) is 11.0. The molecule has 1 fully saturated rings. The van der Waals surface area contributed by atoms with E-state index in [0.29, 0.717) is 17.0 Å². The van der Waals surface area contributed by atoms with Crippen molar-refractivity contribution >= 4 is 23.2 Å². The third kappa shape index (κ3) is 2.37. The number of rotatable bonds is 3. The van der Waals surface area contributed by atoms with Crippen LogP contribution < -0.4 is 4.90 Å². The van der Waals surface area contributed by atoms with Crippen LogP contribution in [0.15, 0.2) is 66.7 Å². The van der Waals surface area contributed by atoms with E-state index < -0.39 is 11.6 Å². The summed E-state index contributed by atoms with van der Waals surface area (Å²) in [5.41, 5.74) is 0.156. The molecule has 0 saturated carbocycles. The van der Waals surface area contributed by atoms with Crippen LogP contribution in [0.25, 0.3) is 0 Å². The molecule has 0 bridgehead atoms. The van der Waals surface area contributed by atoms with Gasteiger partial charge in [0.1, 0.15) is 5.60 Å². The molecule has 2 aromatic carbocycles. The quantitative estimate of drug-likeness (QED) is 0.868. The van der Waals surface area contributed by atoms with Gasteiger partial charge in [-0.15, -0.1) is 0 Å². The van der Waals surface area contributed by atoms with E-state index in [1.807, 2.05) is 37.3 Å². The molecule has 2 atom stereocenters. The van der Waals surface area contributed by atoms with E-state index in [9.17, 15) is 9.90 Å². The predicted molar refractivity (Wildman–Crippen MR) is 92.5 cm³/mol. The topological polar surface area (TPSA) is 40.5 Å². The van der Waals surface area contributed by atoms with Crippen molar-refractivity contribution in [2.45, 2.75) is 25.0 Å². The Bertz CT molecular complexity index is 742.